The molecule has 0 atom stereocenters. The highest BCUT2D eigenvalue weighted by atomic mass is 16.5. The van der Waals surface area contributed by atoms with Crippen molar-refractivity contribution in [1.29, 1.82) is 0 Å². The molecule has 0 unspecified atom stereocenters. The van der Waals surface area contributed by atoms with Crippen molar-refractivity contribution in [3.05, 3.63) is 24.0 Å². The first-order valence-corrected chi connectivity index (χ1v) is 6.73. The van der Waals surface area contributed by atoms with Crippen LogP contribution in [0.5, 0.6) is 5.75 Å². The molecule has 1 fully saturated rings. The summed E-state index contributed by atoms with van der Waals surface area (Å²) in [6, 6.07) is 1.78. The van der Waals surface area contributed by atoms with Crippen LogP contribution in [0.4, 0.5) is 0 Å². The standard InChI is InChI=1S/C14H21N3O2/c1-11(2)19-13-7-12(8-16-9-13)14(18)10-17-5-3-15-4-6-17/h7-9,11,15H,3-6,10H2,1-2H3. The quantitative estimate of drug-likeness (QED) is 0.802. The number of nitrogens with zero attached hydrogens (tertiary/aromatic N) is 2. The average molecular weight is 263 g/mol. The van der Waals surface area contributed by atoms with E-state index in [4.69, 9.17) is 4.74 Å². The molecule has 1 aliphatic heterocycles. The molecule has 5 heteroatoms. The molecule has 0 spiro atoms. The van der Waals surface area contributed by atoms with E-state index in [0.29, 0.717) is 17.9 Å². The maximum absolute atomic E-state index is 12.2. The Hall–Kier alpha value is -1.46. The van der Waals surface area contributed by atoms with E-state index in [2.05, 4.69) is 15.2 Å². The predicted octanol–water partition coefficient (Wildman–Crippen LogP) is 0.957. The number of nitrogens with one attached hydrogen (secondary N) is 1. The van der Waals surface area contributed by atoms with Crippen molar-refractivity contribution in [3.63, 3.8) is 0 Å². The number of aromatic nitrogens is 1. The Morgan fingerprint density at radius 1 is 1.42 bits per heavy atom. The highest BCUT2D eigenvalue weighted by Gasteiger charge is 2.15. The first-order chi connectivity index (χ1) is 9.15. The summed E-state index contributed by atoms with van der Waals surface area (Å²) < 4.78 is 5.56. The zero-order valence-corrected chi connectivity index (χ0v) is 11.6. The molecule has 0 aromatic carbocycles. The first-order valence-electron chi connectivity index (χ1n) is 6.73. The molecule has 2 rings (SSSR count). The van der Waals surface area contributed by atoms with Crippen molar-refractivity contribution in [2.24, 2.45) is 0 Å². The van der Waals surface area contributed by atoms with Crippen LogP contribution in [0, 0.1) is 0 Å². The third-order valence-electron chi connectivity index (χ3n) is 2.98. The maximum Gasteiger partial charge on any atom is 0.178 e. The predicted molar refractivity (Wildman–Crippen MR) is 73.6 cm³/mol. The van der Waals surface area contributed by atoms with Crippen molar-refractivity contribution in [1.82, 2.24) is 15.2 Å². The number of hydrogen-bond acceptors (Lipinski definition) is 5. The van der Waals surface area contributed by atoms with Gasteiger partial charge in [0.05, 0.1) is 18.8 Å². The Balaban J connectivity index is 1.97. The van der Waals surface area contributed by atoms with Crippen LogP contribution in [0.2, 0.25) is 0 Å². The van der Waals surface area contributed by atoms with E-state index >= 15 is 0 Å². The molecule has 1 aromatic heterocycles. The Bertz CT molecular complexity index is 428. The fourth-order valence-corrected chi connectivity index (χ4v) is 2.07. The molecule has 0 bridgehead atoms. The number of pyridine rings is 1. The highest BCUT2D eigenvalue weighted by Crippen LogP contribution is 2.13. The van der Waals surface area contributed by atoms with Crippen molar-refractivity contribution < 1.29 is 9.53 Å². The number of hydrogen-bond donors (Lipinski definition) is 1. The molecule has 5 nitrogen and oxygen atoms in total. The van der Waals surface area contributed by atoms with E-state index in [1.54, 1.807) is 18.5 Å². The van der Waals surface area contributed by atoms with Gasteiger partial charge in [-0.05, 0) is 19.9 Å². The molecular formula is C14H21N3O2. The van der Waals surface area contributed by atoms with Gasteiger partial charge in [0.2, 0.25) is 0 Å². The van der Waals surface area contributed by atoms with Gasteiger partial charge in [0.25, 0.3) is 0 Å². The Morgan fingerprint density at radius 3 is 2.84 bits per heavy atom. The number of ketones is 1. The van der Waals surface area contributed by atoms with Gasteiger partial charge in [-0.2, -0.15) is 0 Å². The summed E-state index contributed by atoms with van der Waals surface area (Å²) in [5.41, 5.74) is 0.622. The number of Topliss-reactive ketones (excluding diaryl/α,β-unsaturated/α-hetero) is 1. The van der Waals surface area contributed by atoms with Gasteiger partial charge in [0.15, 0.2) is 5.78 Å². The molecule has 1 saturated heterocycles. The molecule has 19 heavy (non-hydrogen) atoms. The minimum Gasteiger partial charge on any atom is -0.489 e. The van der Waals surface area contributed by atoms with E-state index in [9.17, 15) is 4.79 Å². The van der Waals surface area contributed by atoms with Crippen LogP contribution in [0.25, 0.3) is 0 Å². The van der Waals surface area contributed by atoms with Gasteiger partial charge < -0.3 is 10.1 Å². The summed E-state index contributed by atoms with van der Waals surface area (Å²) in [6.45, 7) is 8.09. The fourth-order valence-electron chi connectivity index (χ4n) is 2.07. The van der Waals surface area contributed by atoms with E-state index in [1.807, 2.05) is 13.8 Å². The monoisotopic (exact) mass is 263 g/mol. The van der Waals surface area contributed by atoms with Crippen LogP contribution in [0.1, 0.15) is 24.2 Å². The molecule has 0 amide bonds. The molecule has 0 saturated carbocycles. The molecule has 104 valence electrons. The van der Waals surface area contributed by atoms with E-state index < -0.39 is 0 Å². The summed E-state index contributed by atoms with van der Waals surface area (Å²) in [6.07, 6.45) is 3.33. The summed E-state index contributed by atoms with van der Waals surface area (Å²) in [4.78, 5) is 18.4. The van der Waals surface area contributed by atoms with Crippen molar-refractivity contribution in [2.45, 2.75) is 20.0 Å². The minimum absolute atomic E-state index is 0.0836. The minimum atomic E-state index is 0.0836. The van der Waals surface area contributed by atoms with Gasteiger partial charge >= 0.3 is 0 Å². The van der Waals surface area contributed by atoms with E-state index in [-0.39, 0.29) is 11.9 Å². The number of rotatable bonds is 5. The van der Waals surface area contributed by atoms with Crippen molar-refractivity contribution >= 4 is 5.78 Å². The summed E-state index contributed by atoms with van der Waals surface area (Å²) in [5, 5.41) is 3.27. The fraction of sp³-hybridized carbons (Fsp3) is 0.571. The average Bonchev–Trinajstić information content (AvgIpc) is 2.39. The van der Waals surface area contributed by atoms with Crippen molar-refractivity contribution in [3.8, 4) is 5.75 Å². The number of carbonyl (C=O) groups excluding carboxylic acids is 1. The zero-order chi connectivity index (χ0) is 13.7. The lowest BCUT2D eigenvalue weighted by Crippen LogP contribution is -2.45. The zero-order valence-electron chi connectivity index (χ0n) is 11.6. The Morgan fingerprint density at radius 2 is 2.16 bits per heavy atom. The van der Waals surface area contributed by atoms with Gasteiger partial charge in [-0.1, -0.05) is 0 Å². The number of ether oxygens (including phenoxy) is 1. The molecule has 0 radical (unpaired) electrons. The van der Waals surface area contributed by atoms with Crippen LogP contribution in [-0.4, -0.2) is 54.5 Å². The van der Waals surface area contributed by atoms with Crippen LogP contribution < -0.4 is 10.1 Å². The molecule has 1 aromatic rings. The second-order valence-corrected chi connectivity index (χ2v) is 5.03. The van der Waals surface area contributed by atoms with Gasteiger partial charge in [0.1, 0.15) is 5.75 Å². The normalized spacial score (nSPS) is 16.6. The third-order valence-corrected chi connectivity index (χ3v) is 2.98. The molecule has 1 N–H and O–H groups in total. The smallest absolute Gasteiger partial charge is 0.178 e. The lowest BCUT2D eigenvalue weighted by atomic mass is 10.1. The largest absolute Gasteiger partial charge is 0.489 e. The molecule has 2 heterocycles. The first kappa shape index (κ1) is 14.0. The van der Waals surface area contributed by atoms with Gasteiger partial charge in [-0.15, -0.1) is 0 Å². The topological polar surface area (TPSA) is 54.5 Å². The second kappa shape index (κ2) is 6.63. The van der Waals surface area contributed by atoms with Crippen LogP contribution in [0.3, 0.4) is 0 Å². The van der Waals surface area contributed by atoms with Gasteiger partial charge in [-0.25, -0.2) is 0 Å². The molecule has 0 aliphatic carbocycles. The summed E-state index contributed by atoms with van der Waals surface area (Å²) >= 11 is 0. The molecule has 1 aliphatic rings. The SMILES string of the molecule is CC(C)Oc1cncc(C(=O)CN2CCNCC2)c1. The Kier molecular flexibility index (Phi) is 4.87. The lowest BCUT2D eigenvalue weighted by Gasteiger charge is -2.26. The summed E-state index contributed by atoms with van der Waals surface area (Å²) in [5.74, 6) is 0.754. The van der Waals surface area contributed by atoms with Crippen LogP contribution in [-0.2, 0) is 0 Å². The lowest BCUT2D eigenvalue weighted by molar-refractivity contribution is 0.0920. The highest BCUT2D eigenvalue weighted by molar-refractivity contribution is 5.97. The Labute approximate surface area is 114 Å². The van der Waals surface area contributed by atoms with Crippen LogP contribution >= 0.6 is 0 Å². The number of piperazine rings is 1. The van der Waals surface area contributed by atoms with Gasteiger partial charge in [0, 0.05) is 37.9 Å². The van der Waals surface area contributed by atoms with Gasteiger partial charge in [-0.3, -0.25) is 14.7 Å². The summed E-state index contributed by atoms with van der Waals surface area (Å²) in [7, 11) is 0. The second-order valence-electron chi connectivity index (χ2n) is 5.03. The molecular weight excluding hydrogens is 242 g/mol. The maximum atomic E-state index is 12.2. The van der Waals surface area contributed by atoms with Crippen LogP contribution in [0.15, 0.2) is 18.5 Å². The number of carbonyl (C=O) groups is 1. The third kappa shape index (κ3) is 4.29. The van der Waals surface area contributed by atoms with E-state index in [0.717, 1.165) is 26.2 Å². The van der Waals surface area contributed by atoms with Crippen molar-refractivity contribution in [2.75, 3.05) is 32.7 Å². The van der Waals surface area contributed by atoms with E-state index in [1.165, 1.54) is 0 Å².